The highest BCUT2D eigenvalue weighted by atomic mass is 32.2. The van der Waals surface area contributed by atoms with Crippen LogP contribution in [0.2, 0.25) is 0 Å². The molecule has 2 N–H and O–H groups in total. The lowest BCUT2D eigenvalue weighted by atomic mass is 10.1. The van der Waals surface area contributed by atoms with Crippen molar-refractivity contribution in [2.24, 2.45) is 4.99 Å². The van der Waals surface area contributed by atoms with Crippen LogP contribution in [0.25, 0.3) is 0 Å². The van der Waals surface area contributed by atoms with Gasteiger partial charge in [-0.05, 0) is 36.6 Å². The molecule has 1 unspecified atom stereocenters. The summed E-state index contributed by atoms with van der Waals surface area (Å²) in [5.74, 6) is 2.60. The van der Waals surface area contributed by atoms with Crippen LogP contribution in [-0.2, 0) is 16.3 Å². The highest BCUT2D eigenvalue weighted by Gasteiger charge is 2.28. The minimum Gasteiger partial charge on any atom is -0.497 e. The van der Waals surface area contributed by atoms with E-state index >= 15 is 0 Å². The first kappa shape index (κ1) is 18.4. The van der Waals surface area contributed by atoms with Crippen LogP contribution in [0.15, 0.2) is 23.2 Å². The van der Waals surface area contributed by atoms with Crippen LogP contribution in [0.5, 0.6) is 11.5 Å². The van der Waals surface area contributed by atoms with Crippen molar-refractivity contribution in [3.05, 3.63) is 23.8 Å². The molecule has 0 amide bonds. The van der Waals surface area contributed by atoms with Crippen LogP contribution in [0.3, 0.4) is 0 Å². The molecule has 1 atom stereocenters. The van der Waals surface area contributed by atoms with Crippen molar-refractivity contribution in [3.8, 4) is 11.5 Å². The van der Waals surface area contributed by atoms with Gasteiger partial charge in [0.1, 0.15) is 11.5 Å². The molecule has 1 heterocycles. The van der Waals surface area contributed by atoms with Gasteiger partial charge in [0.15, 0.2) is 15.8 Å². The van der Waals surface area contributed by atoms with Crippen molar-refractivity contribution in [1.29, 1.82) is 0 Å². The monoisotopic (exact) mass is 355 g/mol. The Bertz CT molecular complexity index is 689. The van der Waals surface area contributed by atoms with E-state index in [1.165, 1.54) is 0 Å². The van der Waals surface area contributed by atoms with Gasteiger partial charge in [0.25, 0.3) is 0 Å². The number of hydrogen-bond donors (Lipinski definition) is 2. The van der Waals surface area contributed by atoms with Crippen LogP contribution < -0.4 is 20.1 Å². The number of nitrogens with zero attached hydrogens (tertiary/aromatic N) is 1. The zero-order valence-electron chi connectivity index (χ0n) is 14.3. The van der Waals surface area contributed by atoms with E-state index in [1.807, 2.05) is 18.2 Å². The third-order valence-electron chi connectivity index (χ3n) is 3.97. The number of aliphatic imine (C=N–C) groups is 1. The summed E-state index contributed by atoms with van der Waals surface area (Å²) in [4.78, 5) is 4.15. The van der Waals surface area contributed by atoms with Gasteiger partial charge in [-0.1, -0.05) is 0 Å². The largest absolute Gasteiger partial charge is 0.497 e. The number of guanidine groups is 1. The number of methoxy groups -OCH3 is 2. The first-order valence-electron chi connectivity index (χ1n) is 7.86. The van der Waals surface area contributed by atoms with Crippen molar-refractivity contribution < 1.29 is 17.9 Å². The van der Waals surface area contributed by atoms with Crippen molar-refractivity contribution in [1.82, 2.24) is 10.6 Å². The third-order valence-corrected chi connectivity index (χ3v) is 5.74. The molecule has 134 valence electrons. The summed E-state index contributed by atoms with van der Waals surface area (Å²) >= 11 is 0. The summed E-state index contributed by atoms with van der Waals surface area (Å²) in [5, 5.41) is 6.37. The molecule has 7 nitrogen and oxygen atoms in total. The van der Waals surface area contributed by atoms with Crippen molar-refractivity contribution >= 4 is 15.8 Å². The van der Waals surface area contributed by atoms with E-state index in [-0.39, 0.29) is 17.5 Å². The second-order valence-electron chi connectivity index (χ2n) is 5.67. The molecule has 1 aromatic rings. The molecule has 0 bridgehead atoms. The molecule has 1 aliphatic heterocycles. The molecule has 0 saturated carbocycles. The molecule has 0 aliphatic carbocycles. The van der Waals surface area contributed by atoms with E-state index in [0.717, 1.165) is 23.5 Å². The maximum absolute atomic E-state index is 11.5. The molecule has 0 spiro atoms. The lowest BCUT2D eigenvalue weighted by Crippen LogP contribution is -2.44. The average molecular weight is 355 g/mol. The fourth-order valence-corrected chi connectivity index (χ4v) is 4.36. The molecule has 1 saturated heterocycles. The van der Waals surface area contributed by atoms with Gasteiger partial charge in [0.2, 0.25) is 0 Å². The minimum atomic E-state index is -2.91. The zero-order chi connectivity index (χ0) is 17.6. The molecule has 0 radical (unpaired) electrons. The predicted molar refractivity (Wildman–Crippen MR) is 94.8 cm³/mol. The number of hydrogen-bond acceptors (Lipinski definition) is 5. The van der Waals surface area contributed by atoms with Gasteiger partial charge >= 0.3 is 0 Å². The summed E-state index contributed by atoms with van der Waals surface area (Å²) in [5.41, 5.74) is 1.03. The second-order valence-corrected chi connectivity index (χ2v) is 7.90. The van der Waals surface area contributed by atoms with Crippen molar-refractivity contribution in [2.45, 2.75) is 18.9 Å². The van der Waals surface area contributed by atoms with Crippen molar-refractivity contribution in [3.63, 3.8) is 0 Å². The van der Waals surface area contributed by atoms with Crippen LogP contribution in [-0.4, -0.2) is 59.7 Å². The Hall–Kier alpha value is -1.96. The summed E-state index contributed by atoms with van der Waals surface area (Å²) in [7, 11) is 2.04. The lowest BCUT2D eigenvalue weighted by molar-refractivity contribution is 0.398. The van der Waals surface area contributed by atoms with E-state index in [1.54, 1.807) is 21.3 Å². The van der Waals surface area contributed by atoms with E-state index in [2.05, 4.69) is 15.6 Å². The fourth-order valence-electron chi connectivity index (χ4n) is 2.69. The lowest BCUT2D eigenvalue weighted by Gasteiger charge is -2.16. The smallest absolute Gasteiger partial charge is 0.191 e. The highest BCUT2D eigenvalue weighted by molar-refractivity contribution is 7.91. The number of ether oxygens (including phenoxy) is 2. The third kappa shape index (κ3) is 5.02. The van der Waals surface area contributed by atoms with Gasteiger partial charge < -0.3 is 20.1 Å². The fraction of sp³-hybridized carbons (Fsp3) is 0.562. The Balaban J connectivity index is 1.88. The topological polar surface area (TPSA) is 89.0 Å². The number of sulfone groups is 1. The molecular weight excluding hydrogens is 330 g/mol. The maximum atomic E-state index is 11.5. The number of nitrogens with one attached hydrogen (secondary N) is 2. The van der Waals surface area contributed by atoms with E-state index in [9.17, 15) is 8.42 Å². The predicted octanol–water partition coefficient (Wildman–Crippen LogP) is 0.598. The molecule has 1 fully saturated rings. The van der Waals surface area contributed by atoms with Crippen LogP contribution in [0, 0.1) is 0 Å². The van der Waals surface area contributed by atoms with Crippen LogP contribution in [0.1, 0.15) is 12.0 Å². The van der Waals surface area contributed by atoms with Gasteiger partial charge in [-0.25, -0.2) is 8.42 Å². The summed E-state index contributed by atoms with van der Waals surface area (Å²) < 4.78 is 33.6. The van der Waals surface area contributed by atoms with E-state index in [4.69, 9.17) is 9.47 Å². The first-order chi connectivity index (χ1) is 11.5. The average Bonchev–Trinajstić information content (AvgIpc) is 2.92. The maximum Gasteiger partial charge on any atom is 0.191 e. The standard InChI is InChI=1S/C16H25N3O4S/c1-17-16(19-13-7-9-24(20,21)11-13)18-8-6-12-10-14(22-2)4-5-15(12)23-3/h4-5,10,13H,6-9,11H2,1-3H3,(H2,17,18,19). The quantitative estimate of drug-likeness (QED) is 0.574. The molecule has 1 aliphatic rings. The molecule has 1 aromatic carbocycles. The Morgan fingerprint density at radius 3 is 2.71 bits per heavy atom. The molecule has 0 aromatic heterocycles. The molecule has 8 heteroatoms. The Kier molecular flexibility index (Phi) is 6.30. The Morgan fingerprint density at radius 2 is 2.12 bits per heavy atom. The number of benzene rings is 1. The Labute approximate surface area is 143 Å². The summed E-state index contributed by atoms with van der Waals surface area (Å²) in [6.07, 6.45) is 1.34. The van der Waals surface area contributed by atoms with Crippen LogP contribution >= 0.6 is 0 Å². The van der Waals surface area contributed by atoms with Gasteiger partial charge in [-0.3, -0.25) is 4.99 Å². The molecule has 24 heavy (non-hydrogen) atoms. The highest BCUT2D eigenvalue weighted by Crippen LogP contribution is 2.24. The second kappa shape index (κ2) is 8.23. The van der Waals surface area contributed by atoms with Gasteiger partial charge in [-0.2, -0.15) is 0 Å². The minimum absolute atomic E-state index is 0.0763. The normalized spacial score (nSPS) is 19.8. The summed E-state index contributed by atoms with van der Waals surface area (Å²) in [6.45, 7) is 0.642. The van der Waals surface area contributed by atoms with Gasteiger partial charge in [-0.15, -0.1) is 0 Å². The van der Waals surface area contributed by atoms with Crippen molar-refractivity contribution in [2.75, 3.05) is 39.3 Å². The molecular formula is C16H25N3O4S. The van der Waals surface area contributed by atoms with E-state index in [0.29, 0.717) is 18.9 Å². The number of rotatable bonds is 6. The Morgan fingerprint density at radius 1 is 1.33 bits per heavy atom. The van der Waals surface area contributed by atoms with Gasteiger partial charge in [0, 0.05) is 19.6 Å². The first-order valence-corrected chi connectivity index (χ1v) is 9.68. The van der Waals surface area contributed by atoms with Crippen LogP contribution in [0.4, 0.5) is 0 Å². The summed E-state index contributed by atoms with van der Waals surface area (Å²) in [6, 6.07) is 5.61. The zero-order valence-corrected chi connectivity index (χ0v) is 15.1. The molecule has 2 rings (SSSR count). The SMILES string of the molecule is CN=C(NCCc1cc(OC)ccc1OC)NC1CCS(=O)(=O)C1. The van der Waals surface area contributed by atoms with E-state index < -0.39 is 9.84 Å². The van der Waals surface area contributed by atoms with Gasteiger partial charge in [0.05, 0.1) is 25.7 Å².